The fourth-order valence-electron chi connectivity index (χ4n) is 2.35. The molecular formula is C16H24BClO4. The second kappa shape index (κ2) is 10.7. The lowest BCUT2D eigenvalue weighted by molar-refractivity contribution is -0.148. The van der Waals surface area contributed by atoms with Crippen LogP contribution in [0.25, 0.3) is 0 Å². The van der Waals surface area contributed by atoms with Crippen molar-refractivity contribution in [1.82, 2.24) is 0 Å². The molecule has 6 heteroatoms. The molecule has 1 atom stereocenters. The summed E-state index contributed by atoms with van der Waals surface area (Å²) < 4.78 is 5.13. The SMILES string of the molecule is CCOC(=O)C(CCCCB(O)O)CCc1ccc(Cl)cc1. The second-order valence-corrected chi connectivity index (χ2v) is 5.82. The number of carbonyl (C=O) groups excluding carboxylic acids is 1. The molecule has 2 N–H and O–H groups in total. The Hall–Kier alpha value is -1.04. The fraction of sp³-hybridized carbons (Fsp3) is 0.562. The number of hydrogen-bond donors (Lipinski definition) is 2. The van der Waals surface area contributed by atoms with E-state index >= 15 is 0 Å². The summed E-state index contributed by atoms with van der Waals surface area (Å²) in [5.41, 5.74) is 1.14. The second-order valence-electron chi connectivity index (χ2n) is 5.38. The lowest BCUT2D eigenvalue weighted by atomic mass is 9.82. The number of halogens is 1. The maximum absolute atomic E-state index is 12.0. The van der Waals surface area contributed by atoms with Gasteiger partial charge in [-0.2, -0.15) is 0 Å². The van der Waals surface area contributed by atoms with Crippen LogP contribution < -0.4 is 0 Å². The van der Waals surface area contributed by atoms with E-state index in [0.29, 0.717) is 30.8 Å². The van der Waals surface area contributed by atoms with Gasteiger partial charge in [-0.05, 0) is 50.2 Å². The van der Waals surface area contributed by atoms with Gasteiger partial charge < -0.3 is 14.8 Å². The number of rotatable bonds is 10. The van der Waals surface area contributed by atoms with E-state index < -0.39 is 7.12 Å². The van der Waals surface area contributed by atoms with Crippen molar-refractivity contribution < 1.29 is 19.6 Å². The normalized spacial score (nSPS) is 12.0. The summed E-state index contributed by atoms with van der Waals surface area (Å²) in [5.74, 6) is -0.313. The predicted molar refractivity (Wildman–Crippen MR) is 88.7 cm³/mol. The van der Waals surface area contributed by atoms with Gasteiger partial charge in [0, 0.05) is 5.02 Å². The van der Waals surface area contributed by atoms with Crippen LogP contribution in [0, 0.1) is 5.92 Å². The summed E-state index contributed by atoms with van der Waals surface area (Å²) >= 11 is 5.86. The van der Waals surface area contributed by atoms with Gasteiger partial charge in [0.1, 0.15) is 0 Å². The molecule has 1 aromatic carbocycles. The molecule has 0 amide bonds. The van der Waals surface area contributed by atoms with E-state index in [-0.39, 0.29) is 11.9 Å². The minimum atomic E-state index is -1.27. The molecule has 4 nitrogen and oxygen atoms in total. The zero-order valence-corrected chi connectivity index (χ0v) is 13.8. The Bertz CT molecular complexity index is 436. The largest absolute Gasteiger partial charge is 0.466 e. The molecule has 0 aliphatic rings. The molecule has 22 heavy (non-hydrogen) atoms. The summed E-state index contributed by atoms with van der Waals surface area (Å²) in [6.45, 7) is 2.18. The number of esters is 1. The monoisotopic (exact) mass is 326 g/mol. The Morgan fingerprint density at radius 1 is 1.23 bits per heavy atom. The summed E-state index contributed by atoms with van der Waals surface area (Å²) in [5, 5.41) is 18.4. The first kappa shape index (κ1) is 19.0. The van der Waals surface area contributed by atoms with Crippen LogP contribution in [-0.2, 0) is 16.0 Å². The minimum Gasteiger partial charge on any atom is -0.466 e. The van der Waals surface area contributed by atoms with Crippen molar-refractivity contribution in [3.63, 3.8) is 0 Å². The molecule has 1 rings (SSSR count). The zero-order valence-electron chi connectivity index (χ0n) is 13.0. The Kier molecular flexibility index (Phi) is 9.20. The van der Waals surface area contributed by atoms with E-state index in [1.54, 1.807) is 6.92 Å². The highest BCUT2D eigenvalue weighted by molar-refractivity contribution is 6.40. The van der Waals surface area contributed by atoms with Crippen molar-refractivity contribution in [1.29, 1.82) is 0 Å². The summed E-state index contributed by atoms with van der Waals surface area (Å²) in [7, 11) is -1.27. The smallest absolute Gasteiger partial charge is 0.451 e. The minimum absolute atomic E-state index is 0.147. The third-order valence-electron chi connectivity index (χ3n) is 3.58. The maximum Gasteiger partial charge on any atom is 0.451 e. The van der Waals surface area contributed by atoms with Gasteiger partial charge in [-0.25, -0.2) is 0 Å². The van der Waals surface area contributed by atoms with Crippen LogP contribution in [0.15, 0.2) is 24.3 Å². The lowest BCUT2D eigenvalue weighted by Crippen LogP contribution is -2.19. The van der Waals surface area contributed by atoms with Crippen LogP contribution in [0.1, 0.15) is 38.2 Å². The van der Waals surface area contributed by atoms with Gasteiger partial charge in [0.05, 0.1) is 12.5 Å². The van der Waals surface area contributed by atoms with Crippen molar-refractivity contribution >= 4 is 24.7 Å². The van der Waals surface area contributed by atoms with Crippen molar-refractivity contribution in [3.8, 4) is 0 Å². The number of unbranched alkanes of at least 4 members (excludes halogenated alkanes) is 1. The molecule has 0 saturated carbocycles. The summed E-state index contributed by atoms with van der Waals surface area (Å²) in [6.07, 6.45) is 4.04. The van der Waals surface area contributed by atoms with Crippen LogP contribution in [0.3, 0.4) is 0 Å². The number of carbonyl (C=O) groups is 1. The standard InChI is InChI=1S/C16H24BClO4/c1-2-22-16(19)14(5-3-4-12-17(20)21)9-6-13-7-10-15(18)11-8-13/h7-8,10-11,14,20-21H,2-6,9,12H2,1H3. The fourth-order valence-corrected chi connectivity index (χ4v) is 2.48. The van der Waals surface area contributed by atoms with Crippen LogP contribution in [-0.4, -0.2) is 29.7 Å². The Labute approximate surface area is 137 Å². The molecule has 1 unspecified atom stereocenters. The van der Waals surface area contributed by atoms with Gasteiger partial charge >= 0.3 is 13.1 Å². The molecule has 0 radical (unpaired) electrons. The molecule has 0 bridgehead atoms. The van der Waals surface area contributed by atoms with E-state index in [1.165, 1.54) is 0 Å². The number of aryl methyl sites for hydroxylation is 1. The molecule has 0 spiro atoms. The van der Waals surface area contributed by atoms with E-state index in [1.807, 2.05) is 24.3 Å². The van der Waals surface area contributed by atoms with E-state index in [4.69, 9.17) is 26.4 Å². The van der Waals surface area contributed by atoms with Crippen LogP contribution >= 0.6 is 11.6 Å². The zero-order chi connectivity index (χ0) is 16.4. The highest BCUT2D eigenvalue weighted by Crippen LogP contribution is 2.20. The van der Waals surface area contributed by atoms with E-state index in [2.05, 4.69) is 0 Å². The Balaban J connectivity index is 2.46. The van der Waals surface area contributed by atoms with Crippen molar-refractivity contribution in [2.45, 2.75) is 45.3 Å². The van der Waals surface area contributed by atoms with E-state index in [9.17, 15) is 4.79 Å². The number of ether oxygens (including phenoxy) is 1. The maximum atomic E-state index is 12.0. The van der Waals surface area contributed by atoms with Gasteiger partial charge in [-0.3, -0.25) is 4.79 Å². The molecule has 0 saturated heterocycles. The molecule has 122 valence electrons. The molecule has 0 heterocycles. The van der Waals surface area contributed by atoms with Gasteiger partial charge in [0.15, 0.2) is 0 Å². The quantitative estimate of drug-likeness (QED) is 0.394. The summed E-state index contributed by atoms with van der Waals surface area (Å²) in [6, 6.07) is 7.62. The Morgan fingerprint density at radius 3 is 2.50 bits per heavy atom. The first-order chi connectivity index (χ1) is 10.5. The highest BCUT2D eigenvalue weighted by Gasteiger charge is 2.19. The lowest BCUT2D eigenvalue weighted by Gasteiger charge is -2.15. The molecule has 0 aromatic heterocycles. The molecule has 1 aromatic rings. The number of benzene rings is 1. The van der Waals surface area contributed by atoms with Crippen LogP contribution in [0.2, 0.25) is 11.3 Å². The van der Waals surface area contributed by atoms with Gasteiger partial charge in [0.25, 0.3) is 0 Å². The molecule has 0 aliphatic carbocycles. The van der Waals surface area contributed by atoms with Gasteiger partial charge in [0.2, 0.25) is 0 Å². The van der Waals surface area contributed by atoms with Gasteiger partial charge in [-0.1, -0.05) is 36.6 Å². The number of hydrogen-bond acceptors (Lipinski definition) is 4. The predicted octanol–water partition coefficient (Wildman–Crippen LogP) is 3.10. The topological polar surface area (TPSA) is 66.8 Å². The molecular weight excluding hydrogens is 302 g/mol. The average molecular weight is 327 g/mol. The van der Waals surface area contributed by atoms with E-state index in [0.717, 1.165) is 24.8 Å². The average Bonchev–Trinajstić information content (AvgIpc) is 2.48. The Morgan fingerprint density at radius 2 is 1.91 bits per heavy atom. The van der Waals surface area contributed by atoms with Crippen molar-refractivity contribution in [2.75, 3.05) is 6.61 Å². The first-order valence-corrected chi connectivity index (χ1v) is 8.18. The van der Waals surface area contributed by atoms with Crippen LogP contribution in [0.5, 0.6) is 0 Å². The van der Waals surface area contributed by atoms with Crippen molar-refractivity contribution in [3.05, 3.63) is 34.9 Å². The van der Waals surface area contributed by atoms with Crippen LogP contribution in [0.4, 0.5) is 0 Å². The molecule has 0 fully saturated rings. The van der Waals surface area contributed by atoms with Crippen molar-refractivity contribution in [2.24, 2.45) is 5.92 Å². The first-order valence-electron chi connectivity index (χ1n) is 7.80. The van der Waals surface area contributed by atoms with Gasteiger partial charge in [-0.15, -0.1) is 0 Å². The third-order valence-corrected chi connectivity index (χ3v) is 3.83. The highest BCUT2D eigenvalue weighted by atomic mass is 35.5. The molecule has 0 aliphatic heterocycles. The third kappa shape index (κ3) is 7.83. The summed E-state index contributed by atoms with van der Waals surface area (Å²) in [4.78, 5) is 12.0.